The highest BCUT2D eigenvalue weighted by molar-refractivity contribution is 5.64. The summed E-state index contributed by atoms with van der Waals surface area (Å²) in [6.07, 6.45) is 0.995. The van der Waals surface area contributed by atoms with Crippen LogP contribution in [0.5, 0.6) is 0 Å². The van der Waals surface area contributed by atoms with Crippen molar-refractivity contribution in [2.24, 2.45) is 0 Å². The van der Waals surface area contributed by atoms with Gasteiger partial charge in [0, 0.05) is 0 Å². The molecule has 0 heterocycles. The fourth-order valence-corrected chi connectivity index (χ4v) is 2.47. The molecule has 3 aromatic rings. The lowest BCUT2D eigenvalue weighted by atomic mass is 9.99. The van der Waals surface area contributed by atoms with Gasteiger partial charge in [0.25, 0.3) is 0 Å². The molecule has 0 radical (unpaired) electrons. The predicted octanol–water partition coefficient (Wildman–Crippen LogP) is 5.25. The van der Waals surface area contributed by atoms with Gasteiger partial charge < -0.3 is 0 Å². The average Bonchev–Trinajstić information content (AvgIpc) is 2.49. The molecule has 0 aliphatic heterocycles. The largest absolute Gasteiger partial charge is 0.0622 e. The molecule has 3 aromatic carbocycles. The minimum Gasteiger partial charge on any atom is -0.0622 e. The van der Waals surface area contributed by atoms with Crippen LogP contribution in [-0.2, 0) is 6.42 Å². The maximum atomic E-state index is 2.23. The van der Waals surface area contributed by atoms with Gasteiger partial charge in [-0.15, -0.1) is 0 Å². The summed E-state index contributed by atoms with van der Waals surface area (Å²) < 4.78 is 0. The first-order valence-corrected chi connectivity index (χ1v) is 7.01. The van der Waals surface area contributed by atoms with Crippen LogP contribution in [0.2, 0.25) is 0 Å². The molecule has 0 saturated carbocycles. The second-order valence-electron chi connectivity index (χ2n) is 5.23. The maximum Gasteiger partial charge on any atom is -0.00258 e. The van der Waals surface area contributed by atoms with E-state index < -0.39 is 0 Å². The number of aryl methyl sites for hydroxylation is 1. The zero-order chi connectivity index (χ0) is 13.8. The Morgan fingerprint density at radius 3 is 2.00 bits per heavy atom. The average molecular weight is 258 g/mol. The third kappa shape index (κ3) is 2.97. The molecule has 0 N–H and O–H groups in total. The van der Waals surface area contributed by atoms with Gasteiger partial charge in [-0.3, -0.25) is 0 Å². The number of hydrogen-bond acceptors (Lipinski definition) is 0. The first kappa shape index (κ1) is 12.7. The van der Waals surface area contributed by atoms with Crippen LogP contribution in [0.15, 0.2) is 78.9 Å². The van der Waals surface area contributed by atoms with Crippen LogP contribution in [0.1, 0.15) is 16.7 Å². The molecule has 0 amide bonds. The highest BCUT2D eigenvalue weighted by Crippen LogP contribution is 2.21. The molecular weight excluding hydrogens is 240 g/mol. The van der Waals surface area contributed by atoms with E-state index in [0.717, 1.165) is 6.42 Å². The minimum atomic E-state index is 0.995. The topological polar surface area (TPSA) is 0 Å². The van der Waals surface area contributed by atoms with Crippen molar-refractivity contribution >= 4 is 0 Å². The van der Waals surface area contributed by atoms with E-state index in [1.165, 1.54) is 27.8 Å². The zero-order valence-corrected chi connectivity index (χ0v) is 11.7. The summed E-state index contributed by atoms with van der Waals surface area (Å²) >= 11 is 0. The summed E-state index contributed by atoms with van der Waals surface area (Å²) in [5.41, 5.74) is 6.58. The van der Waals surface area contributed by atoms with Gasteiger partial charge in [-0.2, -0.15) is 0 Å². The summed E-state index contributed by atoms with van der Waals surface area (Å²) in [7, 11) is 0. The Balaban J connectivity index is 1.81. The molecule has 0 spiro atoms. The molecule has 0 aliphatic rings. The SMILES string of the molecule is Cc1cccc(-c2ccc(Cc3ccccc3)cc2)c1. The van der Waals surface area contributed by atoms with E-state index in [0.29, 0.717) is 0 Å². The molecule has 0 fully saturated rings. The molecule has 0 atom stereocenters. The van der Waals surface area contributed by atoms with Crippen LogP contribution in [-0.4, -0.2) is 0 Å². The molecule has 0 bridgehead atoms. The van der Waals surface area contributed by atoms with Gasteiger partial charge >= 0.3 is 0 Å². The fourth-order valence-electron chi connectivity index (χ4n) is 2.47. The normalized spacial score (nSPS) is 10.4. The van der Waals surface area contributed by atoms with Gasteiger partial charge in [-0.05, 0) is 35.6 Å². The molecule has 0 saturated heterocycles. The van der Waals surface area contributed by atoms with Gasteiger partial charge in [0.05, 0.1) is 0 Å². The van der Waals surface area contributed by atoms with E-state index in [9.17, 15) is 0 Å². The Hall–Kier alpha value is -2.34. The Morgan fingerprint density at radius 1 is 0.600 bits per heavy atom. The van der Waals surface area contributed by atoms with Crippen LogP contribution < -0.4 is 0 Å². The minimum absolute atomic E-state index is 0.995. The van der Waals surface area contributed by atoms with Gasteiger partial charge in [0.1, 0.15) is 0 Å². The number of benzene rings is 3. The first-order valence-electron chi connectivity index (χ1n) is 7.01. The summed E-state index contributed by atoms with van der Waals surface area (Å²) in [6, 6.07) is 28.1. The summed E-state index contributed by atoms with van der Waals surface area (Å²) in [6.45, 7) is 2.13. The quantitative estimate of drug-likeness (QED) is 0.601. The third-order valence-corrected chi connectivity index (χ3v) is 3.56. The first-order chi connectivity index (χ1) is 9.81. The molecule has 0 unspecified atom stereocenters. The van der Waals surface area contributed by atoms with Crippen molar-refractivity contribution < 1.29 is 0 Å². The highest BCUT2D eigenvalue weighted by atomic mass is 14.0. The van der Waals surface area contributed by atoms with Crippen LogP contribution in [0, 0.1) is 6.92 Å². The Bertz CT molecular complexity index is 679. The number of hydrogen-bond donors (Lipinski definition) is 0. The molecule has 0 heteroatoms. The van der Waals surface area contributed by atoms with Gasteiger partial charge in [0.15, 0.2) is 0 Å². The van der Waals surface area contributed by atoms with E-state index in [2.05, 4.69) is 85.8 Å². The third-order valence-electron chi connectivity index (χ3n) is 3.56. The molecule has 0 aromatic heterocycles. The molecule has 0 aliphatic carbocycles. The lowest BCUT2D eigenvalue weighted by molar-refractivity contribution is 1.19. The van der Waals surface area contributed by atoms with Crippen LogP contribution >= 0.6 is 0 Å². The van der Waals surface area contributed by atoms with Crippen LogP contribution in [0.3, 0.4) is 0 Å². The summed E-state index contributed by atoms with van der Waals surface area (Å²) in [4.78, 5) is 0. The zero-order valence-electron chi connectivity index (χ0n) is 11.7. The van der Waals surface area contributed by atoms with Crippen molar-refractivity contribution in [2.75, 3.05) is 0 Å². The van der Waals surface area contributed by atoms with Crippen LogP contribution in [0.4, 0.5) is 0 Å². The van der Waals surface area contributed by atoms with Gasteiger partial charge in [0.2, 0.25) is 0 Å². The van der Waals surface area contributed by atoms with E-state index in [-0.39, 0.29) is 0 Å². The molecule has 0 nitrogen and oxygen atoms in total. The van der Waals surface area contributed by atoms with E-state index in [1.54, 1.807) is 0 Å². The highest BCUT2D eigenvalue weighted by Gasteiger charge is 1.99. The molecule has 20 heavy (non-hydrogen) atoms. The second kappa shape index (κ2) is 5.75. The van der Waals surface area contributed by atoms with Crippen molar-refractivity contribution in [3.63, 3.8) is 0 Å². The molecule has 98 valence electrons. The van der Waals surface area contributed by atoms with E-state index in [4.69, 9.17) is 0 Å². The lowest BCUT2D eigenvalue weighted by Crippen LogP contribution is -1.87. The van der Waals surface area contributed by atoms with Gasteiger partial charge in [-0.25, -0.2) is 0 Å². The second-order valence-corrected chi connectivity index (χ2v) is 5.23. The Morgan fingerprint density at radius 2 is 1.30 bits per heavy atom. The van der Waals surface area contributed by atoms with Crippen molar-refractivity contribution in [2.45, 2.75) is 13.3 Å². The van der Waals surface area contributed by atoms with Gasteiger partial charge in [-0.1, -0.05) is 84.4 Å². The monoisotopic (exact) mass is 258 g/mol. The van der Waals surface area contributed by atoms with Crippen LogP contribution in [0.25, 0.3) is 11.1 Å². The van der Waals surface area contributed by atoms with E-state index in [1.807, 2.05) is 0 Å². The Kier molecular flexibility index (Phi) is 3.64. The molecule has 3 rings (SSSR count). The summed E-state index contributed by atoms with van der Waals surface area (Å²) in [5.74, 6) is 0. The predicted molar refractivity (Wildman–Crippen MR) is 85.9 cm³/mol. The summed E-state index contributed by atoms with van der Waals surface area (Å²) in [5, 5.41) is 0. The van der Waals surface area contributed by atoms with Crippen molar-refractivity contribution in [1.82, 2.24) is 0 Å². The fraction of sp³-hybridized carbons (Fsp3) is 0.100. The lowest BCUT2D eigenvalue weighted by Gasteiger charge is -2.06. The molecular formula is C20H18. The van der Waals surface area contributed by atoms with Crippen molar-refractivity contribution in [3.8, 4) is 11.1 Å². The van der Waals surface area contributed by atoms with Crippen molar-refractivity contribution in [3.05, 3.63) is 95.6 Å². The Labute approximate surface area is 120 Å². The number of rotatable bonds is 3. The smallest absolute Gasteiger partial charge is 0.00258 e. The maximum absolute atomic E-state index is 2.23. The standard InChI is InChI=1S/C20H18/c1-16-6-5-9-20(14-16)19-12-10-18(11-13-19)15-17-7-3-2-4-8-17/h2-14H,15H2,1H3. The van der Waals surface area contributed by atoms with E-state index >= 15 is 0 Å². The van der Waals surface area contributed by atoms with Crippen molar-refractivity contribution in [1.29, 1.82) is 0 Å².